The molecule has 4 heteroatoms. The maximum Gasteiger partial charge on any atom is 0.252 e. The molecule has 0 aromatic heterocycles. The quantitative estimate of drug-likeness (QED) is 0.154. The highest BCUT2D eigenvalue weighted by Gasteiger charge is 2.61. The van der Waals surface area contributed by atoms with Gasteiger partial charge in [-0.05, 0) is 147 Å². The molecule has 3 heterocycles. The molecule has 3 aliphatic heterocycles. The molecule has 0 bridgehead atoms. The Hall–Kier alpha value is -6.78. The van der Waals surface area contributed by atoms with Gasteiger partial charge in [0.2, 0.25) is 0 Å². The summed E-state index contributed by atoms with van der Waals surface area (Å²) >= 11 is 0. The van der Waals surface area contributed by atoms with Gasteiger partial charge in [0.05, 0.1) is 11.2 Å². The van der Waals surface area contributed by atoms with E-state index in [-0.39, 0.29) is 28.5 Å². The lowest BCUT2D eigenvalue weighted by Gasteiger charge is -2.53. The number of aryl methyl sites for hydroxylation is 1. The fourth-order valence-electron chi connectivity index (χ4n) is 12.8. The molecule has 4 aliphatic rings. The molecule has 8 aromatic rings. The van der Waals surface area contributed by atoms with Crippen molar-refractivity contribution in [2.75, 3.05) is 14.7 Å². The predicted molar refractivity (Wildman–Crippen MR) is 296 cm³/mol. The van der Waals surface area contributed by atoms with E-state index in [0.717, 1.165) is 29.2 Å². The van der Waals surface area contributed by atoms with Gasteiger partial charge in [-0.3, -0.25) is 0 Å². The van der Waals surface area contributed by atoms with Crippen LogP contribution in [0, 0.1) is 6.92 Å². The minimum Gasteiger partial charge on any atom is -0.335 e. The van der Waals surface area contributed by atoms with Crippen molar-refractivity contribution in [1.29, 1.82) is 0 Å². The van der Waals surface area contributed by atoms with Crippen LogP contribution in [0.1, 0.15) is 103 Å². The first-order valence-electron chi connectivity index (χ1n) is 25.4. The van der Waals surface area contributed by atoms with Crippen LogP contribution in [0.2, 0.25) is 0 Å². The minimum absolute atomic E-state index is 0.00725. The largest absolute Gasteiger partial charge is 0.335 e. The minimum atomic E-state index is -0.115. The monoisotopic (exact) mass is 898 g/mol. The average molecular weight is 898 g/mol. The number of nitrogens with zero attached hydrogens (tertiary/aromatic N) is 3. The van der Waals surface area contributed by atoms with Gasteiger partial charge < -0.3 is 14.7 Å². The fourth-order valence-corrected chi connectivity index (χ4v) is 12.8. The summed E-state index contributed by atoms with van der Waals surface area (Å²) in [6.45, 7) is 21.4. The first-order valence-corrected chi connectivity index (χ1v) is 25.4. The zero-order valence-electron chi connectivity index (χ0n) is 42.0. The van der Waals surface area contributed by atoms with Gasteiger partial charge in [0.1, 0.15) is 0 Å². The van der Waals surface area contributed by atoms with E-state index in [1.54, 1.807) is 0 Å². The molecule has 3 nitrogen and oxygen atoms in total. The van der Waals surface area contributed by atoms with E-state index in [9.17, 15) is 0 Å². The van der Waals surface area contributed by atoms with E-state index < -0.39 is 0 Å². The van der Waals surface area contributed by atoms with Crippen molar-refractivity contribution >= 4 is 68.6 Å². The van der Waals surface area contributed by atoms with Crippen LogP contribution >= 0.6 is 0 Å². The number of anilines is 8. The van der Waals surface area contributed by atoms with Crippen molar-refractivity contribution in [2.24, 2.45) is 0 Å². The summed E-state index contributed by atoms with van der Waals surface area (Å²) in [6, 6.07) is 67.3. The van der Waals surface area contributed by atoms with E-state index in [2.05, 4.69) is 253 Å². The summed E-state index contributed by atoms with van der Waals surface area (Å²) in [5, 5.41) is 0. The van der Waals surface area contributed by atoms with Crippen LogP contribution in [0.5, 0.6) is 0 Å². The van der Waals surface area contributed by atoms with E-state index in [4.69, 9.17) is 0 Å². The second kappa shape index (κ2) is 15.6. The Bertz CT molecular complexity index is 3230. The van der Waals surface area contributed by atoms with E-state index in [1.165, 1.54) is 103 Å². The van der Waals surface area contributed by atoms with E-state index >= 15 is 0 Å². The Morgan fingerprint density at radius 2 is 1.06 bits per heavy atom. The van der Waals surface area contributed by atoms with Gasteiger partial charge in [-0.2, -0.15) is 0 Å². The molecule has 8 aromatic carbocycles. The molecule has 1 fully saturated rings. The smallest absolute Gasteiger partial charge is 0.252 e. The molecule has 69 heavy (non-hydrogen) atoms. The summed E-state index contributed by atoms with van der Waals surface area (Å²) in [7, 11) is 0. The molecule has 0 saturated heterocycles. The highest BCUT2D eigenvalue weighted by Crippen LogP contribution is 2.62. The maximum atomic E-state index is 2.88. The van der Waals surface area contributed by atoms with Gasteiger partial charge in [0.15, 0.2) is 0 Å². The van der Waals surface area contributed by atoms with Gasteiger partial charge in [0.25, 0.3) is 6.71 Å². The molecule has 0 radical (unpaired) electrons. The van der Waals surface area contributed by atoms with Crippen LogP contribution in [0.4, 0.5) is 45.5 Å². The Labute approximate surface area is 411 Å². The van der Waals surface area contributed by atoms with Gasteiger partial charge >= 0.3 is 0 Å². The van der Waals surface area contributed by atoms with Crippen molar-refractivity contribution < 1.29 is 0 Å². The zero-order valence-corrected chi connectivity index (χ0v) is 42.0. The molecule has 2 unspecified atom stereocenters. The van der Waals surface area contributed by atoms with Gasteiger partial charge in [0, 0.05) is 45.2 Å². The van der Waals surface area contributed by atoms with Gasteiger partial charge in [-0.15, -0.1) is 0 Å². The Balaban J connectivity index is 1.19. The third-order valence-corrected chi connectivity index (χ3v) is 16.7. The predicted octanol–water partition coefficient (Wildman–Crippen LogP) is 15.7. The first kappa shape index (κ1) is 43.5. The van der Waals surface area contributed by atoms with Gasteiger partial charge in [-0.25, -0.2) is 0 Å². The molecule has 0 amide bonds. The molecule has 2 atom stereocenters. The zero-order chi connectivity index (χ0) is 47.6. The highest BCUT2D eigenvalue weighted by molar-refractivity contribution is 7.00. The van der Waals surface area contributed by atoms with E-state index in [0.29, 0.717) is 0 Å². The average Bonchev–Trinajstić information content (AvgIpc) is 3.56. The normalized spacial score (nSPS) is 18.9. The lowest BCUT2D eigenvalue weighted by atomic mass is 9.33. The van der Waals surface area contributed by atoms with Crippen LogP contribution in [0.3, 0.4) is 0 Å². The Kier molecular flexibility index (Phi) is 9.85. The molecule has 12 rings (SSSR count). The van der Waals surface area contributed by atoms with Crippen molar-refractivity contribution in [3.63, 3.8) is 0 Å². The van der Waals surface area contributed by atoms with Crippen molar-refractivity contribution in [1.82, 2.24) is 0 Å². The number of hydrogen-bond donors (Lipinski definition) is 0. The molecule has 0 N–H and O–H groups in total. The van der Waals surface area contributed by atoms with E-state index in [1.807, 2.05) is 0 Å². The number of rotatable bonds is 6. The molecular formula is C65H64BN3. The van der Waals surface area contributed by atoms with Crippen molar-refractivity contribution in [3.05, 3.63) is 198 Å². The van der Waals surface area contributed by atoms with Crippen LogP contribution in [0.15, 0.2) is 176 Å². The van der Waals surface area contributed by atoms with Crippen molar-refractivity contribution in [3.8, 4) is 22.3 Å². The second-order valence-corrected chi connectivity index (χ2v) is 23.1. The number of fused-ring (bicyclic) bond motifs is 7. The Morgan fingerprint density at radius 3 is 1.67 bits per heavy atom. The first-order chi connectivity index (χ1) is 33.1. The highest BCUT2D eigenvalue weighted by atomic mass is 15.3. The second-order valence-electron chi connectivity index (χ2n) is 23.1. The SMILES string of the molecule is Cc1cc2c3c(c1)C1(C)CCCCC1(C)N3c1cc(N(c3ccc(C(C)(C)C)cc3)c3ccc(C(C)(C)C)cc3)cc3c1B2c1ccc(-c2ccccc2)cc1N3c1cccc(-c2ccccc2)c1. The molecule has 0 spiro atoms. The summed E-state index contributed by atoms with van der Waals surface area (Å²) < 4.78 is 0. The summed E-state index contributed by atoms with van der Waals surface area (Å²) in [5.41, 5.74) is 24.4. The van der Waals surface area contributed by atoms with Gasteiger partial charge in [-0.1, -0.05) is 188 Å². The fraction of sp³-hybridized carbons (Fsp3) is 0.262. The number of benzene rings is 8. The van der Waals surface area contributed by atoms with Crippen LogP contribution in [-0.4, -0.2) is 12.3 Å². The third kappa shape index (κ3) is 6.76. The van der Waals surface area contributed by atoms with Crippen LogP contribution in [0.25, 0.3) is 22.3 Å². The van der Waals surface area contributed by atoms with Crippen LogP contribution in [-0.2, 0) is 16.2 Å². The molecule has 1 saturated carbocycles. The van der Waals surface area contributed by atoms with Crippen LogP contribution < -0.4 is 31.1 Å². The topological polar surface area (TPSA) is 9.72 Å². The molecule has 342 valence electrons. The molecular weight excluding hydrogens is 834 g/mol. The third-order valence-electron chi connectivity index (χ3n) is 16.7. The lowest BCUT2D eigenvalue weighted by molar-refractivity contribution is 0.195. The van der Waals surface area contributed by atoms with Crippen molar-refractivity contribution in [2.45, 2.75) is 110 Å². The Morgan fingerprint density at radius 1 is 0.493 bits per heavy atom. The summed E-state index contributed by atoms with van der Waals surface area (Å²) in [5.74, 6) is 0. The number of hydrogen-bond acceptors (Lipinski definition) is 3. The molecule has 1 aliphatic carbocycles. The maximum absolute atomic E-state index is 2.88. The lowest BCUT2D eigenvalue weighted by Crippen LogP contribution is -2.64. The standard InChI is InChI=1S/C65H64BN3/c1-43-37-54-61-56(38-43)66-55-34-25-47(45-21-14-11-15-22-45)40-57(55)68(52-24-18-23-46(39-52)44-19-12-10-13-20-44)58-41-53(42-59(60(58)66)69(61)65(9)36-17-16-35-64(54,65)8)67(50-30-26-48(27-31-50)62(2,3)4)51-32-28-49(29-33-51)63(5,6)7/h10-15,18-34,37-42H,16-17,35-36H2,1-9H3. The summed E-state index contributed by atoms with van der Waals surface area (Å²) in [4.78, 5) is 8.03. The summed E-state index contributed by atoms with van der Waals surface area (Å²) in [6.07, 6.45) is 4.81.